The molecule has 0 aliphatic carbocycles. The van der Waals surface area contributed by atoms with Crippen molar-refractivity contribution in [3.8, 4) is 0 Å². The van der Waals surface area contributed by atoms with Gasteiger partial charge < -0.3 is 10.6 Å². The molecule has 0 saturated carbocycles. The molecule has 0 aliphatic rings. The summed E-state index contributed by atoms with van der Waals surface area (Å²) in [6.45, 7) is 2.53. The van der Waals surface area contributed by atoms with Crippen molar-refractivity contribution in [3.63, 3.8) is 0 Å². The Balaban J connectivity index is 1.56. The maximum absolute atomic E-state index is 12.2. The summed E-state index contributed by atoms with van der Waals surface area (Å²) in [4.78, 5) is 16.5. The van der Waals surface area contributed by atoms with Gasteiger partial charge in [-0.3, -0.25) is 4.79 Å². The molecule has 0 fully saturated rings. The van der Waals surface area contributed by atoms with Crippen molar-refractivity contribution in [3.05, 3.63) is 88.6 Å². The zero-order valence-corrected chi connectivity index (χ0v) is 15.3. The number of amides is 1. The normalized spacial score (nSPS) is 10.4. The van der Waals surface area contributed by atoms with Crippen LogP contribution in [0.25, 0.3) is 0 Å². The highest BCUT2D eigenvalue weighted by molar-refractivity contribution is 6.31. The van der Waals surface area contributed by atoms with Gasteiger partial charge in [0.25, 0.3) is 5.91 Å². The molecule has 0 aliphatic heterocycles. The monoisotopic (exact) mass is 365 g/mol. The number of carbonyl (C=O) groups excluding carboxylic acids is 1. The van der Waals surface area contributed by atoms with E-state index in [2.05, 4.69) is 15.6 Å². The van der Waals surface area contributed by atoms with E-state index in [1.165, 1.54) is 5.56 Å². The topological polar surface area (TPSA) is 54.0 Å². The zero-order chi connectivity index (χ0) is 18.4. The smallest absolute Gasteiger partial charge is 0.252 e. The van der Waals surface area contributed by atoms with E-state index in [9.17, 15) is 4.79 Å². The summed E-state index contributed by atoms with van der Waals surface area (Å²) < 4.78 is 0. The van der Waals surface area contributed by atoms with Gasteiger partial charge >= 0.3 is 0 Å². The van der Waals surface area contributed by atoms with Crippen molar-refractivity contribution < 1.29 is 4.79 Å². The summed E-state index contributed by atoms with van der Waals surface area (Å²) in [6, 6.07) is 19.3. The van der Waals surface area contributed by atoms with E-state index in [1.807, 2.05) is 55.5 Å². The minimum atomic E-state index is -0.126. The Morgan fingerprint density at radius 3 is 2.58 bits per heavy atom. The molecule has 132 valence electrons. The summed E-state index contributed by atoms with van der Waals surface area (Å²) in [5.74, 6) is 0.537. The quantitative estimate of drug-likeness (QED) is 0.662. The molecule has 0 saturated heterocycles. The number of hydrogen-bond donors (Lipinski definition) is 2. The second-order valence-corrected chi connectivity index (χ2v) is 6.37. The van der Waals surface area contributed by atoms with Gasteiger partial charge in [-0.05, 0) is 48.7 Å². The molecule has 4 nitrogen and oxygen atoms in total. The standard InChI is InChI=1S/C21H20ClN3O/c1-15-18(22)8-5-9-19(15)25-20-11-10-17(14-24-20)21(26)23-13-12-16-6-3-2-4-7-16/h2-11,14H,12-13H2,1H3,(H,23,26)(H,24,25). The molecule has 1 amide bonds. The number of nitrogens with zero attached hydrogens (tertiary/aromatic N) is 1. The lowest BCUT2D eigenvalue weighted by molar-refractivity contribution is 0.0954. The zero-order valence-electron chi connectivity index (χ0n) is 14.5. The number of aromatic nitrogens is 1. The van der Waals surface area contributed by atoms with Crippen molar-refractivity contribution >= 4 is 29.0 Å². The van der Waals surface area contributed by atoms with Gasteiger partial charge in [0, 0.05) is 23.5 Å². The second kappa shape index (κ2) is 8.50. The van der Waals surface area contributed by atoms with E-state index in [-0.39, 0.29) is 5.91 Å². The average molecular weight is 366 g/mol. The SMILES string of the molecule is Cc1c(Cl)cccc1Nc1ccc(C(=O)NCCc2ccccc2)cn1. The molecule has 5 heteroatoms. The molecule has 0 bridgehead atoms. The fourth-order valence-corrected chi connectivity index (χ4v) is 2.72. The lowest BCUT2D eigenvalue weighted by Crippen LogP contribution is -2.25. The van der Waals surface area contributed by atoms with Crippen molar-refractivity contribution in [2.45, 2.75) is 13.3 Å². The van der Waals surface area contributed by atoms with Gasteiger partial charge in [0.15, 0.2) is 0 Å². The first-order chi connectivity index (χ1) is 12.6. The van der Waals surface area contributed by atoms with Crippen LogP contribution in [0, 0.1) is 6.92 Å². The van der Waals surface area contributed by atoms with Crippen LogP contribution in [0.4, 0.5) is 11.5 Å². The van der Waals surface area contributed by atoms with Gasteiger partial charge in [-0.25, -0.2) is 4.98 Å². The van der Waals surface area contributed by atoms with Gasteiger partial charge in [0.1, 0.15) is 5.82 Å². The molecular weight excluding hydrogens is 346 g/mol. The number of halogens is 1. The Hall–Kier alpha value is -2.85. The number of anilines is 2. The lowest BCUT2D eigenvalue weighted by atomic mass is 10.1. The predicted molar refractivity (Wildman–Crippen MR) is 106 cm³/mol. The van der Waals surface area contributed by atoms with E-state index in [4.69, 9.17) is 11.6 Å². The Labute approximate surface area is 158 Å². The predicted octanol–water partition coefficient (Wildman–Crippen LogP) is 4.76. The molecule has 0 unspecified atom stereocenters. The van der Waals surface area contributed by atoms with Crippen LogP contribution < -0.4 is 10.6 Å². The third-order valence-corrected chi connectivity index (χ3v) is 4.51. The van der Waals surface area contributed by atoms with E-state index in [0.717, 1.165) is 17.7 Å². The first-order valence-corrected chi connectivity index (χ1v) is 8.81. The van der Waals surface area contributed by atoms with Crippen LogP contribution in [0.1, 0.15) is 21.5 Å². The summed E-state index contributed by atoms with van der Waals surface area (Å²) in [5.41, 5.74) is 3.58. The molecule has 0 atom stereocenters. The van der Waals surface area contributed by atoms with Crippen LogP contribution in [-0.2, 0) is 6.42 Å². The first kappa shape index (κ1) is 18.0. The molecule has 2 aromatic carbocycles. The molecule has 26 heavy (non-hydrogen) atoms. The largest absolute Gasteiger partial charge is 0.352 e. The highest BCUT2D eigenvalue weighted by atomic mass is 35.5. The molecule has 1 aromatic heterocycles. The fourth-order valence-electron chi connectivity index (χ4n) is 2.55. The van der Waals surface area contributed by atoms with E-state index < -0.39 is 0 Å². The molecule has 1 heterocycles. The number of carbonyl (C=O) groups is 1. The number of rotatable bonds is 6. The van der Waals surface area contributed by atoms with Crippen LogP contribution in [-0.4, -0.2) is 17.4 Å². The molecule has 3 aromatic rings. The highest BCUT2D eigenvalue weighted by Crippen LogP contribution is 2.25. The Bertz CT molecular complexity index is 880. The van der Waals surface area contributed by atoms with Gasteiger partial charge in [0.05, 0.1) is 5.56 Å². The summed E-state index contributed by atoms with van der Waals surface area (Å²) in [5, 5.41) is 6.83. The Kier molecular flexibility index (Phi) is 5.87. The van der Waals surface area contributed by atoms with Gasteiger partial charge in [-0.15, -0.1) is 0 Å². The fraction of sp³-hybridized carbons (Fsp3) is 0.143. The van der Waals surface area contributed by atoms with Crippen LogP contribution >= 0.6 is 11.6 Å². The Morgan fingerprint density at radius 1 is 1.04 bits per heavy atom. The molecule has 0 spiro atoms. The van der Waals surface area contributed by atoms with Gasteiger partial charge in [0.2, 0.25) is 0 Å². The maximum atomic E-state index is 12.2. The number of benzene rings is 2. The van der Waals surface area contributed by atoms with Crippen LogP contribution in [0.5, 0.6) is 0 Å². The third-order valence-electron chi connectivity index (χ3n) is 4.10. The number of hydrogen-bond acceptors (Lipinski definition) is 3. The summed E-state index contributed by atoms with van der Waals surface area (Å²) >= 11 is 6.13. The average Bonchev–Trinajstić information content (AvgIpc) is 2.67. The van der Waals surface area contributed by atoms with E-state index in [1.54, 1.807) is 18.3 Å². The van der Waals surface area contributed by atoms with E-state index in [0.29, 0.717) is 22.9 Å². The number of nitrogens with one attached hydrogen (secondary N) is 2. The highest BCUT2D eigenvalue weighted by Gasteiger charge is 2.07. The number of pyridine rings is 1. The van der Waals surface area contributed by atoms with Crippen molar-refractivity contribution in [1.29, 1.82) is 0 Å². The third kappa shape index (κ3) is 4.61. The molecular formula is C21H20ClN3O. The second-order valence-electron chi connectivity index (χ2n) is 5.96. The minimum Gasteiger partial charge on any atom is -0.352 e. The molecule has 3 rings (SSSR count). The van der Waals surface area contributed by atoms with Crippen LogP contribution in [0.2, 0.25) is 5.02 Å². The van der Waals surface area contributed by atoms with Gasteiger partial charge in [-0.1, -0.05) is 48.0 Å². The van der Waals surface area contributed by atoms with Crippen LogP contribution in [0.3, 0.4) is 0 Å². The lowest BCUT2D eigenvalue weighted by Gasteiger charge is -2.10. The van der Waals surface area contributed by atoms with Crippen molar-refractivity contribution in [1.82, 2.24) is 10.3 Å². The molecule has 0 radical (unpaired) electrons. The summed E-state index contributed by atoms with van der Waals surface area (Å²) in [6.07, 6.45) is 2.37. The molecule has 2 N–H and O–H groups in total. The van der Waals surface area contributed by atoms with Crippen molar-refractivity contribution in [2.75, 3.05) is 11.9 Å². The first-order valence-electron chi connectivity index (χ1n) is 8.44. The van der Waals surface area contributed by atoms with E-state index >= 15 is 0 Å². The van der Waals surface area contributed by atoms with Gasteiger partial charge in [-0.2, -0.15) is 0 Å². The Morgan fingerprint density at radius 2 is 1.85 bits per heavy atom. The summed E-state index contributed by atoms with van der Waals surface area (Å²) in [7, 11) is 0. The maximum Gasteiger partial charge on any atom is 0.252 e. The van der Waals surface area contributed by atoms with Crippen LogP contribution in [0.15, 0.2) is 66.9 Å². The van der Waals surface area contributed by atoms with Crippen molar-refractivity contribution in [2.24, 2.45) is 0 Å². The minimum absolute atomic E-state index is 0.126.